The van der Waals surface area contributed by atoms with Gasteiger partial charge in [-0.1, -0.05) is 23.9 Å². The lowest BCUT2D eigenvalue weighted by Gasteiger charge is -2.30. The molecule has 112 valence electrons. The monoisotopic (exact) mass is 321 g/mol. The van der Waals surface area contributed by atoms with Crippen LogP contribution in [0, 0.1) is 0 Å². The van der Waals surface area contributed by atoms with Gasteiger partial charge in [-0.05, 0) is 31.0 Å². The predicted octanol–water partition coefficient (Wildman–Crippen LogP) is 2.50. The van der Waals surface area contributed by atoms with Crippen LogP contribution in [0.2, 0.25) is 0 Å². The minimum absolute atomic E-state index is 0.118. The zero-order valence-electron chi connectivity index (χ0n) is 12.0. The summed E-state index contributed by atoms with van der Waals surface area (Å²) in [4.78, 5) is 19.0. The van der Waals surface area contributed by atoms with Gasteiger partial charge in [0.05, 0.1) is 11.4 Å². The number of carbonyl (C=O) groups excluding carboxylic acids is 1. The van der Waals surface area contributed by atoms with Crippen LogP contribution in [0.4, 0.5) is 0 Å². The summed E-state index contributed by atoms with van der Waals surface area (Å²) in [7, 11) is 0. The second-order valence-electron chi connectivity index (χ2n) is 5.51. The molecule has 0 aliphatic carbocycles. The minimum atomic E-state index is -0.314. The summed E-state index contributed by atoms with van der Waals surface area (Å²) in [6.45, 7) is 2.93. The Kier molecular flexibility index (Phi) is 4.17. The van der Waals surface area contributed by atoms with Crippen molar-refractivity contribution in [3.8, 4) is 0 Å². The number of thioether (sulfide) groups is 2. The van der Waals surface area contributed by atoms with Gasteiger partial charge < -0.3 is 10.6 Å². The molecule has 2 heterocycles. The van der Waals surface area contributed by atoms with Gasteiger partial charge in [-0.15, -0.1) is 11.8 Å². The molecular formula is C15H19N3OS2. The molecule has 0 saturated carbocycles. The Hall–Kier alpha value is -1.14. The van der Waals surface area contributed by atoms with Crippen molar-refractivity contribution in [3.05, 3.63) is 35.4 Å². The third-order valence-corrected chi connectivity index (χ3v) is 5.73. The SMILES string of the molecule is CC1(c2cccc(C(=O)N3CCSC3)c2)CCSC(N)=N1. The van der Waals surface area contributed by atoms with Crippen molar-refractivity contribution in [2.75, 3.05) is 23.9 Å². The molecule has 0 spiro atoms. The van der Waals surface area contributed by atoms with Gasteiger partial charge in [0.25, 0.3) is 5.91 Å². The fraction of sp³-hybridized carbons (Fsp3) is 0.467. The predicted molar refractivity (Wildman–Crippen MR) is 90.9 cm³/mol. The highest BCUT2D eigenvalue weighted by Gasteiger charge is 2.30. The Labute approximate surface area is 133 Å². The molecule has 3 rings (SSSR count). The average Bonchev–Trinajstić information content (AvgIpc) is 3.00. The topological polar surface area (TPSA) is 58.7 Å². The standard InChI is InChI=1S/C15H19N3OS2/c1-15(5-7-21-14(16)17-15)12-4-2-3-11(9-12)13(19)18-6-8-20-10-18/h2-4,9H,5-8,10H2,1H3,(H2,16,17). The zero-order chi connectivity index (χ0) is 14.9. The maximum atomic E-state index is 12.5. The molecule has 6 heteroatoms. The number of hydrogen-bond acceptors (Lipinski definition) is 5. The van der Waals surface area contributed by atoms with Crippen molar-refractivity contribution in [2.45, 2.75) is 18.9 Å². The van der Waals surface area contributed by atoms with Gasteiger partial charge in [0, 0.05) is 23.6 Å². The van der Waals surface area contributed by atoms with E-state index in [-0.39, 0.29) is 11.4 Å². The first-order chi connectivity index (χ1) is 10.1. The minimum Gasteiger partial charge on any atom is -0.379 e. The van der Waals surface area contributed by atoms with Crippen molar-refractivity contribution in [2.24, 2.45) is 10.7 Å². The number of aliphatic imine (C=N–C) groups is 1. The van der Waals surface area contributed by atoms with Crippen LogP contribution in [-0.4, -0.2) is 39.9 Å². The summed E-state index contributed by atoms with van der Waals surface area (Å²) >= 11 is 3.40. The molecule has 2 N–H and O–H groups in total. The van der Waals surface area contributed by atoms with Crippen LogP contribution < -0.4 is 5.73 Å². The molecule has 0 aromatic heterocycles. The lowest BCUT2D eigenvalue weighted by Crippen LogP contribution is -2.30. The van der Waals surface area contributed by atoms with Crippen LogP contribution in [-0.2, 0) is 5.54 Å². The quantitative estimate of drug-likeness (QED) is 0.909. The number of benzene rings is 1. The third kappa shape index (κ3) is 3.06. The number of carbonyl (C=O) groups is 1. The first-order valence-corrected chi connectivity index (χ1v) is 9.18. The van der Waals surface area contributed by atoms with Gasteiger partial charge in [0.2, 0.25) is 0 Å². The van der Waals surface area contributed by atoms with E-state index < -0.39 is 0 Å². The molecule has 0 bridgehead atoms. The van der Waals surface area contributed by atoms with E-state index in [2.05, 4.69) is 11.9 Å². The number of rotatable bonds is 2. The Morgan fingerprint density at radius 2 is 2.29 bits per heavy atom. The normalized spacial score (nSPS) is 25.8. The molecule has 2 aliphatic rings. The molecule has 1 fully saturated rings. The molecule has 1 amide bonds. The van der Waals surface area contributed by atoms with Crippen molar-refractivity contribution < 1.29 is 4.79 Å². The number of nitrogens with zero attached hydrogens (tertiary/aromatic N) is 2. The zero-order valence-corrected chi connectivity index (χ0v) is 13.7. The first kappa shape index (κ1) is 14.8. The van der Waals surface area contributed by atoms with Crippen LogP contribution in [0.5, 0.6) is 0 Å². The maximum Gasteiger partial charge on any atom is 0.254 e. The summed E-state index contributed by atoms with van der Waals surface area (Å²) in [5, 5.41) is 0.636. The second kappa shape index (κ2) is 5.93. The van der Waals surface area contributed by atoms with E-state index >= 15 is 0 Å². The van der Waals surface area contributed by atoms with Crippen molar-refractivity contribution >= 4 is 34.6 Å². The summed E-state index contributed by atoms with van der Waals surface area (Å²) in [5.41, 5.74) is 7.39. The highest BCUT2D eigenvalue weighted by molar-refractivity contribution is 8.13. The van der Waals surface area contributed by atoms with Gasteiger partial charge in [-0.3, -0.25) is 9.79 Å². The van der Waals surface area contributed by atoms with E-state index in [0.29, 0.717) is 5.17 Å². The fourth-order valence-electron chi connectivity index (χ4n) is 2.64. The largest absolute Gasteiger partial charge is 0.379 e. The molecular weight excluding hydrogens is 302 g/mol. The molecule has 1 aromatic carbocycles. The van der Waals surface area contributed by atoms with E-state index in [1.807, 2.05) is 29.2 Å². The summed E-state index contributed by atoms with van der Waals surface area (Å²) in [5.74, 6) is 2.91. The molecule has 1 aromatic rings. The molecule has 2 aliphatic heterocycles. The van der Waals surface area contributed by atoms with Gasteiger partial charge in [-0.2, -0.15) is 0 Å². The Morgan fingerprint density at radius 3 is 3.00 bits per heavy atom. The smallest absolute Gasteiger partial charge is 0.254 e. The first-order valence-electron chi connectivity index (χ1n) is 7.04. The molecule has 4 nitrogen and oxygen atoms in total. The number of amidine groups is 1. The lowest BCUT2D eigenvalue weighted by atomic mass is 9.88. The highest BCUT2D eigenvalue weighted by Crippen LogP contribution is 2.35. The summed E-state index contributed by atoms with van der Waals surface area (Å²) < 4.78 is 0. The number of nitrogens with two attached hydrogens (primary N) is 1. The number of hydrogen-bond donors (Lipinski definition) is 1. The lowest BCUT2D eigenvalue weighted by molar-refractivity contribution is 0.0802. The molecule has 0 radical (unpaired) electrons. The van der Waals surface area contributed by atoms with Crippen molar-refractivity contribution in [1.29, 1.82) is 0 Å². The van der Waals surface area contributed by atoms with Gasteiger partial charge >= 0.3 is 0 Å². The molecule has 1 atom stereocenters. The van der Waals surface area contributed by atoms with Crippen molar-refractivity contribution in [1.82, 2.24) is 4.90 Å². The van der Waals surface area contributed by atoms with Crippen LogP contribution in [0.1, 0.15) is 29.3 Å². The van der Waals surface area contributed by atoms with E-state index in [9.17, 15) is 4.79 Å². The van der Waals surface area contributed by atoms with E-state index in [4.69, 9.17) is 5.73 Å². The Balaban J connectivity index is 1.89. The van der Waals surface area contributed by atoms with E-state index in [1.54, 1.807) is 23.5 Å². The number of amides is 1. The third-order valence-electron chi connectivity index (χ3n) is 3.97. The van der Waals surface area contributed by atoms with E-state index in [1.165, 1.54) is 0 Å². The highest BCUT2D eigenvalue weighted by atomic mass is 32.2. The van der Waals surface area contributed by atoms with Crippen LogP contribution in [0.15, 0.2) is 29.3 Å². The maximum absolute atomic E-state index is 12.5. The van der Waals surface area contributed by atoms with Crippen molar-refractivity contribution in [3.63, 3.8) is 0 Å². The summed E-state index contributed by atoms with van der Waals surface area (Å²) in [6.07, 6.45) is 0.940. The molecule has 1 unspecified atom stereocenters. The van der Waals surface area contributed by atoms with Crippen LogP contribution >= 0.6 is 23.5 Å². The van der Waals surface area contributed by atoms with Crippen LogP contribution in [0.3, 0.4) is 0 Å². The average molecular weight is 321 g/mol. The molecule has 21 heavy (non-hydrogen) atoms. The molecule has 1 saturated heterocycles. The van der Waals surface area contributed by atoms with Gasteiger partial charge in [0.1, 0.15) is 0 Å². The van der Waals surface area contributed by atoms with Gasteiger partial charge in [0.15, 0.2) is 5.17 Å². The van der Waals surface area contributed by atoms with Gasteiger partial charge in [-0.25, -0.2) is 0 Å². The summed E-state index contributed by atoms with van der Waals surface area (Å²) in [6, 6.07) is 7.87. The Bertz CT molecular complexity index is 584. The fourth-order valence-corrected chi connectivity index (χ4v) is 4.56. The second-order valence-corrected chi connectivity index (χ2v) is 7.70. The van der Waals surface area contributed by atoms with Crippen LogP contribution in [0.25, 0.3) is 0 Å². The Morgan fingerprint density at radius 1 is 1.43 bits per heavy atom. The van der Waals surface area contributed by atoms with E-state index in [0.717, 1.165) is 41.5 Å².